The summed E-state index contributed by atoms with van der Waals surface area (Å²) in [7, 11) is 0. The van der Waals surface area contributed by atoms with Crippen molar-refractivity contribution in [1.82, 2.24) is 0 Å². The second-order valence-corrected chi connectivity index (χ2v) is 4.99. The van der Waals surface area contributed by atoms with Crippen molar-refractivity contribution in [3.05, 3.63) is 34.3 Å². The Hall–Kier alpha value is -1.16. The molecule has 0 radical (unpaired) electrons. The first kappa shape index (κ1) is 12.3. The van der Waals surface area contributed by atoms with E-state index in [1.54, 1.807) is 19.1 Å². The van der Waals surface area contributed by atoms with Crippen LogP contribution in [0, 0.1) is 11.8 Å². The van der Waals surface area contributed by atoms with Gasteiger partial charge < -0.3 is 4.74 Å². The lowest BCUT2D eigenvalue weighted by atomic mass is 10.1. The van der Waals surface area contributed by atoms with Crippen LogP contribution in [0.5, 0.6) is 0 Å². The molecule has 2 atom stereocenters. The highest BCUT2D eigenvalue weighted by Crippen LogP contribution is 2.41. The Morgan fingerprint density at radius 2 is 1.94 bits per heavy atom. The highest BCUT2D eigenvalue weighted by Gasteiger charge is 2.49. The normalized spacial score (nSPS) is 22.0. The van der Waals surface area contributed by atoms with Gasteiger partial charge in [0.2, 0.25) is 0 Å². The maximum atomic E-state index is 12.0. The number of carbonyl (C=O) groups is 2. The molecule has 0 N–H and O–H groups in total. The summed E-state index contributed by atoms with van der Waals surface area (Å²) in [6, 6.07) is 7.20. The summed E-state index contributed by atoms with van der Waals surface area (Å²) >= 11 is 3.32. The molecule has 0 spiro atoms. The zero-order valence-electron chi connectivity index (χ0n) is 9.48. The van der Waals surface area contributed by atoms with Gasteiger partial charge in [0, 0.05) is 16.0 Å². The molecule has 1 fully saturated rings. The summed E-state index contributed by atoms with van der Waals surface area (Å²) in [5, 5.41) is 0. The largest absolute Gasteiger partial charge is 0.466 e. The molecule has 17 heavy (non-hydrogen) atoms. The van der Waals surface area contributed by atoms with Gasteiger partial charge in [-0.3, -0.25) is 9.59 Å². The highest BCUT2D eigenvalue weighted by atomic mass is 79.9. The van der Waals surface area contributed by atoms with E-state index in [9.17, 15) is 9.59 Å². The van der Waals surface area contributed by atoms with Gasteiger partial charge in [0.1, 0.15) is 0 Å². The molecular weight excluding hydrogens is 284 g/mol. The highest BCUT2D eigenvalue weighted by molar-refractivity contribution is 9.10. The van der Waals surface area contributed by atoms with E-state index < -0.39 is 0 Å². The van der Waals surface area contributed by atoms with Gasteiger partial charge in [0.25, 0.3) is 0 Å². The fourth-order valence-electron chi connectivity index (χ4n) is 1.82. The Bertz CT molecular complexity index is 438. The lowest BCUT2D eigenvalue weighted by Crippen LogP contribution is -2.11. The number of ether oxygens (including phenoxy) is 1. The molecular formula is C13H13BrO3. The Balaban J connectivity index is 1.99. The molecule has 4 heteroatoms. The maximum absolute atomic E-state index is 12.0. The lowest BCUT2D eigenvalue weighted by Gasteiger charge is -2.01. The Morgan fingerprint density at radius 3 is 2.53 bits per heavy atom. The van der Waals surface area contributed by atoms with Crippen LogP contribution in [0.1, 0.15) is 23.7 Å². The predicted octanol–water partition coefficient (Wildman–Crippen LogP) is 2.83. The Morgan fingerprint density at radius 1 is 1.29 bits per heavy atom. The molecule has 0 amide bonds. The fourth-order valence-corrected chi connectivity index (χ4v) is 2.09. The van der Waals surface area contributed by atoms with E-state index in [2.05, 4.69) is 15.9 Å². The number of Topliss-reactive ketones (excluding diaryl/α,β-unsaturated/α-hetero) is 1. The van der Waals surface area contributed by atoms with Crippen LogP contribution in [0.25, 0.3) is 0 Å². The summed E-state index contributed by atoms with van der Waals surface area (Å²) in [4.78, 5) is 23.4. The van der Waals surface area contributed by atoms with Crippen LogP contribution in [0.2, 0.25) is 0 Å². The first-order valence-corrected chi connectivity index (χ1v) is 6.39. The molecule has 90 valence electrons. The van der Waals surface area contributed by atoms with Crippen molar-refractivity contribution < 1.29 is 14.3 Å². The van der Waals surface area contributed by atoms with Gasteiger partial charge >= 0.3 is 5.97 Å². The average molecular weight is 297 g/mol. The molecule has 0 aromatic heterocycles. The maximum Gasteiger partial charge on any atom is 0.309 e. The molecule has 0 aliphatic heterocycles. The van der Waals surface area contributed by atoms with Crippen LogP contribution < -0.4 is 0 Å². The van der Waals surface area contributed by atoms with Crippen molar-refractivity contribution >= 4 is 27.7 Å². The predicted molar refractivity (Wildman–Crippen MR) is 66.7 cm³/mol. The molecule has 1 saturated carbocycles. The van der Waals surface area contributed by atoms with Crippen LogP contribution in [-0.2, 0) is 9.53 Å². The van der Waals surface area contributed by atoms with Crippen molar-refractivity contribution in [2.24, 2.45) is 11.8 Å². The standard InChI is InChI=1S/C13H13BrO3/c1-2-17-13(16)11-7-10(11)12(15)8-3-5-9(14)6-4-8/h3-6,10-11H,2,7H2,1H3/t10-,11-/m0/s1. The van der Waals surface area contributed by atoms with E-state index in [-0.39, 0.29) is 23.6 Å². The van der Waals surface area contributed by atoms with Crippen molar-refractivity contribution in [2.75, 3.05) is 6.61 Å². The number of hydrogen-bond donors (Lipinski definition) is 0. The minimum Gasteiger partial charge on any atom is -0.466 e. The number of esters is 1. The number of carbonyl (C=O) groups excluding carboxylic acids is 2. The average Bonchev–Trinajstić information content (AvgIpc) is 3.09. The van der Waals surface area contributed by atoms with Crippen LogP contribution in [0.15, 0.2) is 28.7 Å². The third kappa shape index (κ3) is 2.75. The number of rotatable bonds is 4. The topological polar surface area (TPSA) is 43.4 Å². The summed E-state index contributed by atoms with van der Waals surface area (Å²) in [6.45, 7) is 2.14. The number of hydrogen-bond acceptors (Lipinski definition) is 3. The molecule has 0 bridgehead atoms. The van der Waals surface area contributed by atoms with Gasteiger partial charge in [-0.05, 0) is 25.5 Å². The Kier molecular flexibility index (Phi) is 3.62. The summed E-state index contributed by atoms with van der Waals surface area (Å²) < 4.78 is 5.84. The number of halogens is 1. The third-order valence-corrected chi connectivity index (χ3v) is 3.37. The van der Waals surface area contributed by atoms with Crippen LogP contribution >= 0.6 is 15.9 Å². The van der Waals surface area contributed by atoms with Crippen molar-refractivity contribution in [1.29, 1.82) is 0 Å². The van der Waals surface area contributed by atoms with E-state index in [1.807, 2.05) is 12.1 Å². The molecule has 0 saturated heterocycles. The lowest BCUT2D eigenvalue weighted by molar-refractivity contribution is -0.144. The first-order chi connectivity index (χ1) is 8.13. The van der Waals surface area contributed by atoms with E-state index >= 15 is 0 Å². The van der Waals surface area contributed by atoms with Crippen LogP contribution in [0.4, 0.5) is 0 Å². The van der Waals surface area contributed by atoms with Crippen molar-refractivity contribution in [3.63, 3.8) is 0 Å². The molecule has 0 heterocycles. The zero-order valence-corrected chi connectivity index (χ0v) is 11.1. The van der Waals surface area contributed by atoms with E-state index in [0.717, 1.165) is 4.47 Å². The van der Waals surface area contributed by atoms with Gasteiger partial charge in [0.15, 0.2) is 5.78 Å². The summed E-state index contributed by atoms with van der Waals surface area (Å²) in [6.07, 6.45) is 0.619. The molecule has 3 nitrogen and oxygen atoms in total. The molecule has 1 aromatic carbocycles. The zero-order chi connectivity index (χ0) is 12.4. The second-order valence-electron chi connectivity index (χ2n) is 4.07. The van der Waals surface area contributed by atoms with E-state index in [1.165, 1.54) is 0 Å². The quantitative estimate of drug-likeness (QED) is 0.634. The molecule has 2 rings (SSSR count). The molecule has 0 unspecified atom stereocenters. The van der Waals surface area contributed by atoms with Crippen molar-refractivity contribution in [3.8, 4) is 0 Å². The third-order valence-electron chi connectivity index (χ3n) is 2.85. The summed E-state index contributed by atoms with van der Waals surface area (Å²) in [5.41, 5.74) is 0.657. The number of ketones is 1. The molecule has 1 aliphatic carbocycles. The number of benzene rings is 1. The van der Waals surface area contributed by atoms with Gasteiger partial charge in [-0.15, -0.1) is 0 Å². The second kappa shape index (κ2) is 5.00. The molecule has 1 aliphatic rings. The first-order valence-electron chi connectivity index (χ1n) is 5.60. The van der Waals surface area contributed by atoms with Gasteiger partial charge in [0.05, 0.1) is 12.5 Å². The molecule has 1 aromatic rings. The van der Waals surface area contributed by atoms with Crippen LogP contribution in [-0.4, -0.2) is 18.4 Å². The van der Waals surface area contributed by atoms with Gasteiger partial charge in [-0.25, -0.2) is 0 Å². The Labute approximate surface area is 108 Å². The van der Waals surface area contributed by atoms with E-state index in [4.69, 9.17) is 4.74 Å². The SMILES string of the molecule is CCOC(=O)[C@H]1C[C@@H]1C(=O)c1ccc(Br)cc1. The smallest absolute Gasteiger partial charge is 0.309 e. The van der Waals surface area contributed by atoms with Gasteiger partial charge in [-0.2, -0.15) is 0 Å². The van der Waals surface area contributed by atoms with E-state index in [0.29, 0.717) is 18.6 Å². The van der Waals surface area contributed by atoms with Crippen molar-refractivity contribution in [2.45, 2.75) is 13.3 Å². The fraction of sp³-hybridized carbons (Fsp3) is 0.385. The monoisotopic (exact) mass is 296 g/mol. The van der Waals surface area contributed by atoms with Crippen LogP contribution in [0.3, 0.4) is 0 Å². The minimum absolute atomic E-state index is 0.0375. The van der Waals surface area contributed by atoms with Gasteiger partial charge in [-0.1, -0.05) is 28.1 Å². The summed E-state index contributed by atoms with van der Waals surface area (Å²) in [5.74, 6) is -0.625. The minimum atomic E-state index is -0.247.